The molecular formula is C8H8F2O3S. The van der Waals surface area contributed by atoms with E-state index in [4.69, 9.17) is 5.11 Å². The lowest BCUT2D eigenvalue weighted by atomic mass is 10.3. The summed E-state index contributed by atoms with van der Waals surface area (Å²) in [6, 6.07) is 4.46. The summed E-state index contributed by atoms with van der Waals surface area (Å²) in [4.78, 5) is -0.212. The minimum Gasteiger partial charge on any atom is -0.508 e. The lowest BCUT2D eigenvalue weighted by Gasteiger charge is -2.03. The van der Waals surface area contributed by atoms with Gasteiger partial charge in [0.25, 0.3) is 6.43 Å². The Balaban J connectivity index is 2.99. The lowest BCUT2D eigenvalue weighted by Crippen LogP contribution is -2.13. The van der Waals surface area contributed by atoms with E-state index in [0.717, 1.165) is 24.3 Å². The number of aromatic hydroxyl groups is 1. The topological polar surface area (TPSA) is 54.4 Å². The van der Waals surface area contributed by atoms with Crippen molar-refractivity contribution in [3.8, 4) is 5.75 Å². The Kier molecular flexibility index (Phi) is 3.05. The number of phenolic OH excluding ortho intramolecular Hbond substituents is 1. The van der Waals surface area contributed by atoms with Crippen molar-refractivity contribution in [1.82, 2.24) is 0 Å². The van der Waals surface area contributed by atoms with E-state index in [1.165, 1.54) is 0 Å². The fourth-order valence-corrected chi connectivity index (χ4v) is 1.99. The van der Waals surface area contributed by atoms with Gasteiger partial charge in [-0.25, -0.2) is 17.2 Å². The van der Waals surface area contributed by atoms with Crippen molar-refractivity contribution in [2.45, 2.75) is 11.3 Å². The van der Waals surface area contributed by atoms with Crippen LogP contribution in [-0.2, 0) is 9.84 Å². The van der Waals surface area contributed by atoms with Crippen LogP contribution in [0.1, 0.15) is 0 Å². The molecule has 0 spiro atoms. The fourth-order valence-electron chi connectivity index (χ4n) is 0.916. The van der Waals surface area contributed by atoms with Gasteiger partial charge in [0.2, 0.25) is 0 Å². The average Bonchev–Trinajstić information content (AvgIpc) is 2.02. The smallest absolute Gasteiger partial charge is 0.252 e. The number of alkyl halides is 2. The lowest BCUT2D eigenvalue weighted by molar-refractivity contribution is 0.174. The zero-order valence-electron chi connectivity index (χ0n) is 7.02. The van der Waals surface area contributed by atoms with Gasteiger partial charge in [-0.05, 0) is 24.3 Å². The zero-order valence-corrected chi connectivity index (χ0v) is 7.84. The van der Waals surface area contributed by atoms with Gasteiger partial charge in [-0.1, -0.05) is 0 Å². The van der Waals surface area contributed by atoms with Gasteiger partial charge in [0, 0.05) is 0 Å². The van der Waals surface area contributed by atoms with Crippen molar-refractivity contribution >= 4 is 9.84 Å². The largest absolute Gasteiger partial charge is 0.508 e. The highest BCUT2D eigenvalue weighted by Crippen LogP contribution is 2.17. The molecule has 0 saturated heterocycles. The number of benzene rings is 1. The summed E-state index contributed by atoms with van der Waals surface area (Å²) in [5.41, 5.74) is 0. The van der Waals surface area contributed by atoms with Crippen LogP contribution >= 0.6 is 0 Å². The van der Waals surface area contributed by atoms with Gasteiger partial charge in [-0.2, -0.15) is 0 Å². The van der Waals surface area contributed by atoms with E-state index in [0.29, 0.717) is 0 Å². The van der Waals surface area contributed by atoms with Crippen LogP contribution in [0.3, 0.4) is 0 Å². The average molecular weight is 222 g/mol. The summed E-state index contributed by atoms with van der Waals surface area (Å²) in [7, 11) is -3.94. The molecule has 0 atom stereocenters. The molecule has 1 N–H and O–H groups in total. The Morgan fingerprint density at radius 2 is 1.71 bits per heavy atom. The third kappa shape index (κ3) is 2.66. The highest BCUT2D eigenvalue weighted by Gasteiger charge is 2.20. The first-order valence-electron chi connectivity index (χ1n) is 3.72. The van der Waals surface area contributed by atoms with E-state index < -0.39 is 22.0 Å². The molecule has 1 aromatic carbocycles. The molecule has 14 heavy (non-hydrogen) atoms. The van der Waals surface area contributed by atoms with Gasteiger partial charge in [0.1, 0.15) is 11.5 Å². The Morgan fingerprint density at radius 1 is 1.21 bits per heavy atom. The number of halogens is 2. The Labute approximate surface area is 79.9 Å². The summed E-state index contributed by atoms with van der Waals surface area (Å²) in [6.07, 6.45) is -2.89. The van der Waals surface area contributed by atoms with Crippen LogP contribution in [0.25, 0.3) is 0 Å². The van der Waals surface area contributed by atoms with Crippen LogP contribution in [-0.4, -0.2) is 25.7 Å². The molecule has 0 aliphatic carbocycles. The number of phenols is 1. The Morgan fingerprint density at radius 3 is 2.14 bits per heavy atom. The van der Waals surface area contributed by atoms with Gasteiger partial charge in [0.05, 0.1) is 4.90 Å². The van der Waals surface area contributed by atoms with E-state index in [1.54, 1.807) is 0 Å². The maximum Gasteiger partial charge on any atom is 0.252 e. The van der Waals surface area contributed by atoms with Crippen molar-refractivity contribution in [2.24, 2.45) is 0 Å². The summed E-state index contributed by atoms with van der Waals surface area (Å²) in [5, 5.41) is 8.86. The number of hydrogen-bond donors (Lipinski definition) is 1. The number of sulfone groups is 1. The van der Waals surface area contributed by atoms with Crippen molar-refractivity contribution < 1.29 is 22.3 Å². The standard InChI is InChI=1S/C8H8F2O3S/c9-8(10)5-14(12,13)7-3-1-6(11)2-4-7/h1-4,8,11H,5H2. The van der Waals surface area contributed by atoms with Crippen molar-refractivity contribution in [3.05, 3.63) is 24.3 Å². The van der Waals surface area contributed by atoms with Crippen LogP contribution in [0.4, 0.5) is 8.78 Å². The summed E-state index contributed by atoms with van der Waals surface area (Å²) >= 11 is 0. The predicted octanol–water partition coefficient (Wildman–Crippen LogP) is 1.43. The van der Waals surface area contributed by atoms with Crippen molar-refractivity contribution in [3.63, 3.8) is 0 Å². The zero-order chi connectivity index (χ0) is 10.8. The second-order valence-corrected chi connectivity index (χ2v) is 4.70. The molecule has 3 nitrogen and oxygen atoms in total. The molecule has 6 heteroatoms. The molecule has 0 aliphatic rings. The summed E-state index contributed by atoms with van der Waals surface area (Å²) in [6.45, 7) is 0. The Hall–Kier alpha value is -1.17. The van der Waals surface area contributed by atoms with Crippen molar-refractivity contribution in [1.29, 1.82) is 0 Å². The highest BCUT2D eigenvalue weighted by molar-refractivity contribution is 7.91. The molecule has 1 rings (SSSR count). The highest BCUT2D eigenvalue weighted by atomic mass is 32.2. The first-order chi connectivity index (χ1) is 6.42. The molecule has 1 aromatic rings. The van der Waals surface area contributed by atoms with E-state index in [1.807, 2.05) is 0 Å². The summed E-state index contributed by atoms with van der Waals surface area (Å²) < 4.78 is 46.1. The van der Waals surface area contributed by atoms with Gasteiger partial charge in [0.15, 0.2) is 9.84 Å². The SMILES string of the molecule is O=S(=O)(CC(F)F)c1ccc(O)cc1. The minimum atomic E-state index is -3.94. The molecule has 0 amide bonds. The molecule has 78 valence electrons. The predicted molar refractivity (Wildman–Crippen MR) is 46.2 cm³/mol. The van der Waals surface area contributed by atoms with E-state index in [-0.39, 0.29) is 10.6 Å². The second kappa shape index (κ2) is 3.91. The third-order valence-electron chi connectivity index (χ3n) is 1.54. The van der Waals surface area contributed by atoms with E-state index in [9.17, 15) is 17.2 Å². The van der Waals surface area contributed by atoms with Crippen LogP contribution < -0.4 is 0 Å². The maximum absolute atomic E-state index is 11.9. The van der Waals surface area contributed by atoms with E-state index in [2.05, 4.69) is 0 Å². The fraction of sp³-hybridized carbons (Fsp3) is 0.250. The number of rotatable bonds is 3. The maximum atomic E-state index is 11.9. The van der Waals surface area contributed by atoms with Crippen LogP contribution in [0.5, 0.6) is 5.75 Å². The normalized spacial score (nSPS) is 11.9. The molecular weight excluding hydrogens is 214 g/mol. The van der Waals surface area contributed by atoms with Crippen LogP contribution in [0.2, 0.25) is 0 Å². The van der Waals surface area contributed by atoms with Gasteiger partial charge in [-0.3, -0.25) is 0 Å². The molecule has 0 radical (unpaired) electrons. The Bertz CT molecular complexity index is 397. The van der Waals surface area contributed by atoms with Crippen LogP contribution in [0.15, 0.2) is 29.2 Å². The quantitative estimate of drug-likeness (QED) is 0.841. The third-order valence-corrected chi connectivity index (χ3v) is 3.22. The number of hydrogen-bond acceptors (Lipinski definition) is 3. The molecule has 0 heterocycles. The molecule has 0 aromatic heterocycles. The van der Waals surface area contributed by atoms with Crippen LogP contribution in [0, 0.1) is 0 Å². The first kappa shape index (κ1) is 10.9. The molecule has 0 saturated carbocycles. The van der Waals surface area contributed by atoms with Gasteiger partial charge >= 0.3 is 0 Å². The second-order valence-electron chi connectivity index (χ2n) is 2.67. The molecule has 0 fully saturated rings. The minimum absolute atomic E-state index is 0.110. The summed E-state index contributed by atoms with van der Waals surface area (Å²) in [5.74, 6) is -1.31. The molecule has 0 unspecified atom stereocenters. The van der Waals surface area contributed by atoms with E-state index >= 15 is 0 Å². The monoisotopic (exact) mass is 222 g/mol. The van der Waals surface area contributed by atoms with Crippen molar-refractivity contribution in [2.75, 3.05) is 5.75 Å². The molecule has 0 bridgehead atoms. The van der Waals surface area contributed by atoms with Gasteiger partial charge in [-0.15, -0.1) is 0 Å². The molecule has 0 aliphatic heterocycles. The van der Waals surface area contributed by atoms with Gasteiger partial charge < -0.3 is 5.11 Å². The first-order valence-corrected chi connectivity index (χ1v) is 5.37.